The van der Waals surface area contributed by atoms with E-state index in [2.05, 4.69) is 31.3 Å². The van der Waals surface area contributed by atoms with Crippen molar-refractivity contribution in [2.24, 2.45) is 0 Å². The van der Waals surface area contributed by atoms with E-state index < -0.39 is 0 Å². The molecule has 0 radical (unpaired) electrons. The van der Waals surface area contributed by atoms with Gasteiger partial charge in [-0.2, -0.15) is 0 Å². The summed E-state index contributed by atoms with van der Waals surface area (Å²) in [4.78, 5) is 0. The van der Waals surface area contributed by atoms with E-state index in [0.717, 1.165) is 5.56 Å². The van der Waals surface area contributed by atoms with E-state index in [1.54, 1.807) is 0 Å². The smallest absolute Gasteiger partial charge is 0.0917 e. The van der Waals surface area contributed by atoms with E-state index in [9.17, 15) is 5.11 Å². The van der Waals surface area contributed by atoms with Gasteiger partial charge < -0.3 is 10.4 Å². The van der Waals surface area contributed by atoms with Crippen LogP contribution in [0.25, 0.3) is 0 Å². The number of nitrogens with one attached hydrogen (secondary N) is 1. The van der Waals surface area contributed by atoms with Crippen molar-refractivity contribution in [3.63, 3.8) is 0 Å². The van der Waals surface area contributed by atoms with Gasteiger partial charge in [0, 0.05) is 12.6 Å². The van der Waals surface area contributed by atoms with E-state index in [-0.39, 0.29) is 6.10 Å². The summed E-state index contributed by atoms with van der Waals surface area (Å²) in [6, 6.07) is 6.87. The average Bonchev–Trinajstić information content (AvgIpc) is 2.78. The van der Waals surface area contributed by atoms with Crippen molar-refractivity contribution in [2.45, 2.75) is 51.7 Å². The minimum absolute atomic E-state index is 0.379. The van der Waals surface area contributed by atoms with Crippen LogP contribution in [0.3, 0.4) is 0 Å². The quantitative estimate of drug-likeness (QED) is 0.838. The van der Waals surface area contributed by atoms with Crippen LogP contribution >= 0.6 is 0 Å². The highest BCUT2D eigenvalue weighted by molar-refractivity contribution is 5.32. The van der Waals surface area contributed by atoms with Gasteiger partial charge in [-0.05, 0) is 37.8 Å². The molecule has 1 saturated carbocycles. The summed E-state index contributed by atoms with van der Waals surface area (Å²) < 4.78 is 0. The lowest BCUT2D eigenvalue weighted by Crippen LogP contribution is -2.30. The maximum atomic E-state index is 10.2. The number of aliphatic hydroxyl groups is 1. The second-order valence-electron chi connectivity index (χ2n) is 5.27. The summed E-state index contributed by atoms with van der Waals surface area (Å²) in [5.41, 5.74) is 3.49. The largest absolute Gasteiger partial charge is 0.387 e. The van der Waals surface area contributed by atoms with Crippen molar-refractivity contribution in [3.05, 3.63) is 34.9 Å². The molecule has 0 saturated heterocycles. The van der Waals surface area contributed by atoms with Crippen LogP contribution in [-0.4, -0.2) is 17.7 Å². The summed E-state index contributed by atoms with van der Waals surface area (Å²) in [6.07, 6.45) is 4.81. The molecule has 2 rings (SSSR count). The van der Waals surface area contributed by atoms with Crippen molar-refractivity contribution in [1.82, 2.24) is 5.32 Å². The van der Waals surface area contributed by atoms with Crippen LogP contribution in [0.15, 0.2) is 18.2 Å². The van der Waals surface area contributed by atoms with Gasteiger partial charge in [0.2, 0.25) is 0 Å². The first-order valence-corrected chi connectivity index (χ1v) is 6.65. The van der Waals surface area contributed by atoms with Crippen LogP contribution in [0.4, 0.5) is 0 Å². The predicted molar refractivity (Wildman–Crippen MR) is 71.1 cm³/mol. The summed E-state index contributed by atoms with van der Waals surface area (Å²) in [5, 5.41) is 13.7. The Labute approximate surface area is 104 Å². The molecule has 1 atom stereocenters. The molecule has 1 aromatic carbocycles. The fourth-order valence-corrected chi connectivity index (χ4v) is 2.72. The zero-order valence-corrected chi connectivity index (χ0v) is 10.9. The second-order valence-corrected chi connectivity index (χ2v) is 5.27. The maximum Gasteiger partial charge on any atom is 0.0917 e. The number of rotatable bonds is 4. The molecule has 1 aliphatic rings. The first-order chi connectivity index (χ1) is 8.16. The third-order valence-corrected chi connectivity index (χ3v) is 3.74. The monoisotopic (exact) mass is 233 g/mol. The molecule has 1 unspecified atom stereocenters. The summed E-state index contributed by atoms with van der Waals surface area (Å²) in [6.45, 7) is 4.83. The van der Waals surface area contributed by atoms with E-state index in [0.29, 0.717) is 12.6 Å². The van der Waals surface area contributed by atoms with Crippen LogP contribution in [-0.2, 0) is 0 Å². The Balaban J connectivity index is 1.91. The van der Waals surface area contributed by atoms with Crippen LogP contribution < -0.4 is 5.32 Å². The number of hydrogen-bond acceptors (Lipinski definition) is 2. The fraction of sp³-hybridized carbons (Fsp3) is 0.600. The van der Waals surface area contributed by atoms with Gasteiger partial charge in [-0.3, -0.25) is 0 Å². The molecule has 1 aliphatic carbocycles. The van der Waals surface area contributed by atoms with Crippen LogP contribution in [0.1, 0.15) is 48.5 Å². The molecule has 0 aliphatic heterocycles. The average molecular weight is 233 g/mol. The molecule has 94 valence electrons. The Morgan fingerprint density at radius 2 is 2.00 bits per heavy atom. The molecule has 17 heavy (non-hydrogen) atoms. The van der Waals surface area contributed by atoms with Gasteiger partial charge in [-0.25, -0.2) is 0 Å². The Hall–Kier alpha value is -0.860. The van der Waals surface area contributed by atoms with Crippen molar-refractivity contribution in [1.29, 1.82) is 0 Å². The highest BCUT2D eigenvalue weighted by Gasteiger charge is 2.17. The van der Waals surface area contributed by atoms with E-state index >= 15 is 0 Å². The normalized spacial score (nSPS) is 18.5. The lowest BCUT2D eigenvalue weighted by molar-refractivity contribution is 0.169. The number of aryl methyl sites for hydroxylation is 2. The Morgan fingerprint density at radius 3 is 2.65 bits per heavy atom. The third-order valence-electron chi connectivity index (χ3n) is 3.74. The predicted octanol–water partition coefficient (Wildman–Crippen LogP) is 2.87. The highest BCUT2D eigenvalue weighted by atomic mass is 16.3. The van der Waals surface area contributed by atoms with Crippen molar-refractivity contribution in [3.8, 4) is 0 Å². The number of hydrogen-bond donors (Lipinski definition) is 2. The zero-order chi connectivity index (χ0) is 12.3. The highest BCUT2D eigenvalue weighted by Crippen LogP contribution is 2.21. The molecule has 2 N–H and O–H groups in total. The Kier molecular flexibility index (Phi) is 4.19. The molecule has 1 fully saturated rings. The van der Waals surface area contributed by atoms with Gasteiger partial charge in [-0.15, -0.1) is 0 Å². The Morgan fingerprint density at radius 1 is 1.29 bits per heavy atom. The lowest BCUT2D eigenvalue weighted by atomic mass is 10.0. The van der Waals surface area contributed by atoms with Crippen LogP contribution in [0, 0.1) is 13.8 Å². The van der Waals surface area contributed by atoms with E-state index in [1.165, 1.54) is 36.8 Å². The molecular formula is C15H23NO. The van der Waals surface area contributed by atoms with Crippen LogP contribution in [0.5, 0.6) is 0 Å². The first-order valence-electron chi connectivity index (χ1n) is 6.65. The second kappa shape index (κ2) is 5.65. The molecule has 0 aromatic heterocycles. The van der Waals surface area contributed by atoms with Gasteiger partial charge >= 0.3 is 0 Å². The van der Waals surface area contributed by atoms with Gasteiger partial charge in [0.05, 0.1) is 6.10 Å². The zero-order valence-electron chi connectivity index (χ0n) is 10.9. The summed E-state index contributed by atoms with van der Waals surface area (Å²) >= 11 is 0. The molecule has 0 amide bonds. The number of benzene rings is 1. The van der Waals surface area contributed by atoms with E-state index in [4.69, 9.17) is 0 Å². The lowest BCUT2D eigenvalue weighted by Gasteiger charge is -2.18. The Bertz CT molecular complexity index is 369. The minimum Gasteiger partial charge on any atom is -0.387 e. The van der Waals surface area contributed by atoms with Crippen molar-refractivity contribution >= 4 is 0 Å². The number of aliphatic hydroxyl groups excluding tert-OH is 1. The third kappa shape index (κ3) is 3.30. The fourth-order valence-electron chi connectivity index (χ4n) is 2.72. The van der Waals surface area contributed by atoms with E-state index in [1.807, 2.05) is 6.07 Å². The summed E-state index contributed by atoms with van der Waals surface area (Å²) in [7, 11) is 0. The molecule has 0 bridgehead atoms. The minimum atomic E-state index is -0.379. The van der Waals surface area contributed by atoms with Gasteiger partial charge in [-0.1, -0.05) is 36.6 Å². The molecule has 2 nitrogen and oxygen atoms in total. The topological polar surface area (TPSA) is 32.3 Å². The summed E-state index contributed by atoms with van der Waals surface area (Å²) in [5.74, 6) is 0. The van der Waals surface area contributed by atoms with Crippen LogP contribution in [0.2, 0.25) is 0 Å². The standard InChI is InChI=1S/C15H23NO/c1-11-7-8-14(12(2)9-11)15(17)10-16-13-5-3-4-6-13/h7-9,13,15-17H,3-6,10H2,1-2H3. The molecule has 0 spiro atoms. The van der Waals surface area contributed by atoms with Crippen molar-refractivity contribution in [2.75, 3.05) is 6.54 Å². The molecule has 0 heterocycles. The molecular weight excluding hydrogens is 210 g/mol. The molecule has 2 heteroatoms. The van der Waals surface area contributed by atoms with Gasteiger partial charge in [0.15, 0.2) is 0 Å². The SMILES string of the molecule is Cc1ccc(C(O)CNC2CCCC2)c(C)c1. The van der Waals surface area contributed by atoms with Gasteiger partial charge in [0.1, 0.15) is 0 Å². The maximum absolute atomic E-state index is 10.2. The van der Waals surface area contributed by atoms with Gasteiger partial charge in [0.25, 0.3) is 0 Å². The first kappa shape index (κ1) is 12.6. The van der Waals surface area contributed by atoms with Crippen molar-refractivity contribution < 1.29 is 5.11 Å². The molecule has 1 aromatic rings.